The van der Waals surface area contributed by atoms with Crippen LogP contribution >= 0.6 is 38.9 Å². The molecule has 1 heterocycles. The first-order chi connectivity index (χ1) is 9.13. The van der Waals surface area contributed by atoms with Crippen LogP contribution in [-0.2, 0) is 0 Å². The minimum absolute atomic E-state index is 0.205. The molecule has 2 rings (SSSR count). The van der Waals surface area contributed by atoms with Crippen molar-refractivity contribution in [3.63, 3.8) is 0 Å². The minimum atomic E-state index is -0.205. The second-order valence-electron chi connectivity index (χ2n) is 4.15. The van der Waals surface area contributed by atoms with Gasteiger partial charge in [0.2, 0.25) is 0 Å². The molecule has 0 aliphatic carbocycles. The molecule has 0 bridgehead atoms. The number of ether oxygens (including phenoxy) is 1. The fraction of sp³-hybridized carbons (Fsp3) is 0.286. The monoisotopic (exact) mass is 359 g/mol. The van der Waals surface area contributed by atoms with Gasteiger partial charge in [0, 0.05) is 4.88 Å². The van der Waals surface area contributed by atoms with E-state index >= 15 is 0 Å². The van der Waals surface area contributed by atoms with Gasteiger partial charge < -0.3 is 10.5 Å². The molecule has 2 nitrogen and oxygen atoms in total. The maximum Gasteiger partial charge on any atom is 0.133 e. The Kier molecular flexibility index (Phi) is 5.28. The van der Waals surface area contributed by atoms with Crippen molar-refractivity contribution in [2.45, 2.75) is 19.4 Å². The largest absolute Gasteiger partial charge is 0.492 e. The summed E-state index contributed by atoms with van der Waals surface area (Å²) < 4.78 is 6.54. The number of hydrogen-bond acceptors (Lipinski definition) is 3. The zero-order valence-corrected chi connectivity index (χ0v) is 13.7. The third-order valence-electron chi connectivity index (χ3n) is 2.70. The highest BCUT2D eigenvalue weighted by atomic mass is 79.9. The van der Waals surface area contributed by atoms with Gasteiger partial charge in [0.15, 0.2) is 0 Å². The third-order valence-corrected chi connectivity index (χ3v) is 4.77. The molecule has 2 aromatic rings. The predicted octanol–water partition coefficient (Wildman–Crippen LogP) is 5.00. The fourth-order valence-corrected chi connectivity index (χ4v) is 3.43. The summed E-state index contributed by atoms with van der Waals surface area (Å²) in [5.74, 6) is 0.843. The van der Waals surface area contributed by atoms with E-state index in [4.69, 9.17) is 22.1 Å². The quantitative estimate of drug-likeness (QED) is 0.814. The zero-order chi connectivity index (χ0) is 13.8. The molecule has 19 heavy (non-hydrogen) atoms. The van der Waals surface area contributed by atoms with Crippen molar-refractivity contribution >= 4 is 38.9 Å². The van der Waals surface area contributed by atoms with Crippen molar-refractivity contribution < 1.29 is 4.74 Å². The van der Waals surface area contributed by atoms with Crippen molar-refractivity contribution in [1.29, 1.82) is 0 Å². The Morgan fingerprint density at radius 3 is 2.79 bits per heavy atom. The number of halogens is 2. The number of nitrogens with two attached hydrogens (primary N) is 1. The molecule has 1 aromatic heterocycles. The van der Waals surface area contributed by atoms with E-state index in [1.54, 1.807) is 11.3 Å². The van der Waals surface area contributed by atoms with Gasteiger partial charge in [0.25, 0.3) is 0 Å². The van der Waals surface area contributed by atoms with Crippen LogP contribution in [0.4, 0.5) is 0 Å². The summed E-state index contributed by atoms with van der Waals surface area (Å²) in [7, 11) is 0. The SMILES string of the molecule is CCCOc1ccc(C(N)c2sccc2Cl)cc1Br. The normalized spacial score (nSPS) is 12.4. The lowest BCUT2D eigenvalue weighted by molar-refractivity contribution is 0.315. The van der Waals surface area contributed by atoms with E-state index in [0.29, 0.717) is 6.61 Å². The van der Waals surface area contributed by atoms with E-state index in [1.165, 1.54) is 0 Å². The predicted molar refractivity (Wildman–Crippen MR) is 85.3 cm³/mol. The lowest BCUT2D eigenvalue weighted by Crippen LogP contribution is -2.10. The topological polar surface area (TPSA) is 35.2 Å². The standard InChI is InChI=1S/C14H15BrClNOS/c1-2-6-18-12-4-3-9(8-10(12)15)13(17)14-11(16)5-7-19-14/h3-5,7-8,13H,2,6,17H2,1H3. The van der Waals surface area contributed by atoms with E-state index in [9.17, 15) is 0 Å². The number of thiophene rings is 1. The van der Waals surface area contributed by atoms with E-state index in [-0.39, 0.29) is 6.04 Å². The summed E-state index contributed by atoms with van der Waals surface area (Å²) in [6.45, 7) is 2.79. The Hall–Kier alpha value is -0.550. The molecule has 0 aliphatic heterocycles. The summed E-state index contributed by atoms with van der Waals surface area (Å²) >= 11 is 11.2. The third kappa shape index (κ3) is 3.51. The number of hydrogen-bond donors (Lipinski definition) is 1. The van der Waals surface area contributed by atoms with Crippen LogP contribution in [0.1, 0.15) is 29.8 Å². The summed E-state index contributed by atoms with van der Waals surface area (Å²) in [5, 5.41) is 2.67. The van der Waals surface area contributed by atoms with Gasteiger partial charge in [0.05, 0.1) is 22.1 Å². The number of rotatable bonds is 5. The molecule has 0 amide bonds. The maximum atomic E-state index is 6.24. The molecule has 1 atom stereocenters. The molecule has 0 spiro atoms. The van der Waals surface area contributed by atoms with Crippen LogP contribution in [0.25, 0.3) is 0 Å². The average molecular weight is 361 g/mol. The smallest absolute Gasteiger partial charge is 0.133 e. The molecule has 1 aromatic carbocycles. The van der Waals surface area contributed by atoms with Crippen LogP contribution < -0.4 is 10.5 Å². The Balaban J connectivity index is 2.22. The van der Waals surface area contributed by atoms with Crippen molar-refractivity contribution in [3.05, 3.63) is 49.6 Å². The lowest BCUT2D eigenvalue weighted by atomic mass is 10.1. The van der Waals surface area contributed by atoms with Gasteiger partial charge in [-0.1, -0.05) is 24.6 Å². The Morgan fingerprint density at radius 1 is 1.42 bits per heavy atom. The van der Waals surface area contributed by atoms with Crippen molar-refractivity contribution in [2.24, 2.45) is 5.73 Å². The average Bonchev–Trinajstić information content (AvgIpc) is 2.82. The van der Waals surface area contributed by atoms with Crippen LogP contribution in [-0.4, -0.2) is 6.61 Å². The van der Waals surface area contributed by atoms with Gasteiger partial charge in [-0.15, -0.1) is 11.3 Å². The molecule has 1 unspecified atom stereocenters. The van der Waals surface area contributed by atoms with Crippen LogP contribution in [0, 0.1) is 0 Å². The van der Waals surface area contributed by atoms with Crippen LogP contribution in [0.2, 0.25) is 5.02 Å². The first-order valence-electron chi connectivity index (χ1n) is 6.04. The summed E-state index contributed by atoms with van der Waals surface area (Å²) in [6.07, 6.45) is 0.985. The lowest BCUT2D eigenvalue weighted by Gasteiger charge is -2.13. The van der Waals surface area contributed by atoms with Crippen molar-refractivity contribution in [3.8, 4) is 5.75 Å². The van der Waals surface area contributed by atoms with E-state index in [2.05, 4.69) is 22.9 Å². The fourth-order valence-electron chi connectivity index (χ4n) is 1.72. The van der Waals surface area contributed by atoms with Crippen LogP contribution in [0.5, 0.6) is 5.75 Å². The maximum absolute atomic E-state index is 6.24. The summed E-state index contributed by atoms with van der Waals surface area (Å²) in [5.41, 5.74) is 7.26. The molecule has 5 heteroatoms. The Labute approximate surface area is 130 Å². The van der Waals surface area contributed by atoms with Gasteiger partial charge in [-0.2, -0.15) is 0 Å². The van der Waals surface area contributed by atoms with Crippen molar-refractivity contribution in [2.75, 3.05) is 6.61 Å². The zero-order valence-electron chi connectivity index (χ0n) is 10.5. The molecule has 0 saturated carbocycles. The van der Waals surface area contributed by atoms with Crippen LogP contribution in [0.15, 0.2) is 34.1 Å². The highest BCUT2D eigenvalue weighted by molar-refractivity contribution is 9.10. The highest BCUT2D eigenvalue weighted by Crippen LogP contribution is 2.34. The summed E-state index contributed by atoms with van der Waals surface area (Å²) in [4.78, 5) is 0.982. The Morgan fingerprint density at radius 2 is 2.21 bits per heavy atom. The second kappa shape index (κ2) is 6.75. The number of benzene rings is 1. The van der Waals surface area contributed by atoms with E-state index in [1.807, 2.05) is 29.6 Å². The molecule has 0 radical (unpaired) electrons. The first-order valence-corrected chi connectivity index (χ1v) is 8.09. The molecule has 102 valence electrons. The molecule has 0 fully saturated rings. The molecular weight excluding hydrogens is 346 g/mol. The van der Waals surface area contributed by atoms with Crippen molar-refractivity contribution in [1.82, 2.24) is 0 Å². The molecule has 0 aliphatic rings. The van der Waals surface area contributed by atoms with E-state index in [0.717, 1.165) is 32.1 Å². The molecule has 0 saturated heterocycles. The summed E-state index contributed by atoms with van der Waals surface area (Å²) in [6, 6.07) is 7.58. The molecular formula is C14H15BrClNOS. The first kappa shape index (κ1) is 14.9. The van der Waals surface area contributed by atoms with Crippen LogP contribution in [0.3, 0.4) is 0 Å². The van der Waals surface area contributed by atoms with Gasteiger partial charge in [-0.3, -0.25) is 0 Å². The minimum Gasteiger partial charge on any atom is -0.492 e. The Bertz CT molecular complexity index is 558. The van der Waals surface area contributed by atoms with Gasteiger partial charge in [0.1, 0.15) is 5.75 Å². The van der Waals surface area contributed by atoms with Gasteiger partial charge in [-0.25, -0.2) is 0 Å². The van der Waals surface area contributed by atoms with E-state index < -0.39 is 0 Å². The van der Waals surface area contributed by atoms with Gasteiger partial charge >= 0.3 is 0 Å². The van der Waals surface area contributed by atoms with Gasteiger partial charge in [-0.05, 0) is 51.5 Å². The highest BCUT2D eigenvalue weighted by Gasteiger charge is 2.15. The molecule has 2 N–H and O–H groups in total. The second-order valence-corrected chi connectivity index (χ2v) is 6.36.